The summed E-state index contributed by atoms with van der Waals surface area (Å²) in [5.41, 5.74) is 7.28. The van der Waals surface area contributed by atoms with Crippen LogP contribution >= 0.6 is 0 Å². The number of rotatable bonds is 2. The third kappa shape index (κ3) is 2.87. The molecule has 1 saturated heterocycles. The van der Waals surface area contributed by atoms with Crippen molar-refractivity contribution in [3.63, 3.8) is 0 Å². The number of hydrogen-bond donors (Lipinski definition) is 2. The van der Waals surface area contributed by atoms with Gasteiger partial charge in [-0.15, -0.1) is 0 Å². The van der Waals surface area contributed by atoms with Gasteiger partial charge in [0, 0.05) is 12.6 Å². The Morgan fingerprint density at radius 3 is 2.84 bits per heavy atom. The number of likely N-dealkylation sites (tertiary alicyclic amines) is 1. The van der Waals surface area contributed by atoms with Crippen LogP contribution in [0, 0.1) is 12.7 Å². The molecule has 1 heterocycles. The van der Waals surface area contributed by atoms with Crippen LogP contribution < -0.4 is 11.1 Å². The molecular weight excluding hydrogens is 245 g/mol. The molecule has 19 heavy (non-hydrogen) atoms. The van der Waals surface area contributed by atoms with Gasteiger partial charge in [-0.25, -0.2) is 9.18 Å². The molecule has 4 nitrogen and oxygen atoms in total. The average molecular weight is 265 g/mol. The summed E-state index contributed by atoms with van der Waals surface area (Å²) in [4.78, 5) is 13.2. The first-order chi connectivity index (χ1) is 9.02. The highest BCUT2D eigenvalue weighted by Crippen LogP contribution is 2.32. The summed E-state index contributed by atoms with van der Waals surface area (Å²) in [5, 5.41) is 3.24. The number of amides is 2. The molecule has 0 saturated carbocycles. The van der Waals surface area contributed by atoms with Gasteiger partial charge >= 0.3 is 6.03 Å². The van der Waals surface area contributed by atoms with E-state index in [2.05, 4.69) is 5.32 Å². The minimum Gasteiger partial charge on any atom is -0.351 e. The third-order valence-electron chi connectivity index (χ3n) is 3.88. The highest BCUT2D eigenvalue weighted by Gasteiger charge is 2.31. The van der Waals surface area contributed by atoms with Crippen molar-refractivity contribution in [3.8, 4) is 0 Å². The minimum atomic E-state index is -0.414. The first-order valence-electron chi connectivity index (χ1n) is 6.52. The van der Waals surface area contributed by atoms with Crippen molar-refractivity contribution in [1.29, 1.82) is 0 Å². The number of nitrogens with zero attached hydrogens (tertiary/aromatic N) is 1. The Labute approximate surface area is 112 Å². The van der Waals surface area contributed by atoms with E-state index in [1.54, 1.807) is 11.0 Å². The molecule has 0 radical (unpaired) electrons. The minimum absolute atomic E-state index is 0.0794. The standard InChI is InChI=1S/C14H20FN3O/c1-9-7-10(15)3-4-12(9)13-8-11(17-2)5-6-18(13)14(16)19/h3-4,7,11,13,17H,5-6,8H2,1-2H3,(H2,16,19). The summed E-state index contributed by atoms with van der Waals surface area (Å²) in [6, 6.07) is 4.54. The Balaban J connectivity index is 2.33. The van der Waals surface area contributed by atoms with Gasteiger partial charge in [-0.2, -0.15) is 0 Å². The van der Waals surface area contributed by atoms with Crippen LogP contribution in [0.15, 0.2) is 18.2 Å². The van der Waals surface area contributed by atoms with Gasteiger partial charge in [0.05, 0.1) is 6.04 Å². The molecule has 104 valence electrons. The van der Waals surface area contributed by atoms with Crippen LogP contribution in [-0.4, -0.2) is 30.6 Å². The number of nitrogens with one attached hydrogen (secondary N) is 1. The van der Waals surface area contributed by atoms with Gasteiger partial charge in [0.1, 0.15) is 5.82 Å². The number of carbonyl (C=O) groups excluding carboxylic acids is 1. The van der Waals surface area contributed by atoms with E-state index < -0.39 is 6.03 Å². The van der Waals surface area contributed by atoms with Crippen LogP contribution in [0.5, 0.6) is 0 Å². The number of halogens is 1. The van der Waals surface area contributed by atoms with E-state index >= 15 is 0 Å². The molecule has 1 aliphatic heterocycles. The molecular formula is C14H20FN3O. The molecule has 2 atom stereocenters. The Hall–Kier alpha value is -1.62. The molecule has 1 aromatic rings. The molecule has 2 unspecified atom stereocenters. The van der Waals surface area contributed by atoms with Gasteiger partial charge in [-0.3, -0.25) is 0 Å². The largest absolute Gasteiger partial charge is 0.351 e. The highest BCUT2D eigenvalue weighted by molar-refractivity contribution is 5.73. The van der Waals surface area contributed by atoms with Crippen LogP contribution in [0.2, 0.25) is 0 Å². The van der Waals surface area contributed by atoms with Crippen LogP contribution in [0.1, 0.15) is 30.0 Å². The highest BCUT2D eigenvalue weighted by atomic mass is 19.1. The van der Waals surface area contributed by atoms with Crippen LogP contribution in [0.4, 0.5) is 9.18 Å². The predicted octanol–water partition coefficient (Wildman–Crippen LogP) is 1.94. The number of aryl methyl sites for hydroxylation is 1. The molecule has 1 aromatic carbocycles. The Morgan fingerprint density at radius 1 is 1.53 bits per heavy atom. The number of primary amides is 1. The van der Waals surface area contributed by atoms with Gasteiger partial charge < -0.3 is 16.0 Å². The topological polar surface area (TPSA) is 58.4 Å². The first kappa shape index (κ1) is 13.8. The third-order valence-corrected chi connectivity index (χ3v) is 3.88. The summed E-state index contributed by atoms with van der Waals surface area (Å²) >= 11 is 0. The average Bonchev–Trinajstić information content (AvgIpc) is 2.38. The van der Waals surface area contributed by atoms with E-state index in [9.17, 15) is 9.18 Å². The molecule has 0 spiro atoms. The smallest absolute Gasteiger partial charge is 0.315 e. The lowest BCUT2D eigenvalue weighted by molar-refractivity contribution is 0.145. The predicted molar refractivity (Wildman–Crippen MR) is 72.2 cm³/mol. The zero-order chi connectivity index (χ0) is 14.0. The van der Waals surface area contributed by atoms with E-state index in [1.165, 1.54) is 12.1 Å². The van der Waals surface area contributed by atoms with E-state index in [-0.39, 0.29) is 11.9 Å². The fraction of sp³-hybridized carbons (Fsp3) is 0.500. The SMILES string of the molecule is CNC1CCN(C(N)=O)C(c2ccc(F)cc2C)C1. The molecule has 0 aromatic heterocycles. The number of piperidine rings is 1. The van der Waals surface area contributed by atoms with E-state index in [0.717, 1.165) is 24.0 Å². The number of nitrogens with two attached hydrogens (primary N) is 1. The molecule has 2 amide bonds. The summed E-state index contributed by atoms with van der Waals surface area (Å²) in [7, 11) is 1.92. The second-order valence-corrected chi connectivity index (χ2v) is 5.06. The zero-order valence-corrected chi connectivity index (χ0v) is 11.3. The zero-order valence-electron chi connectivity index (χ0n) is 11.3. The van der Waals surface area contributed by atoms with Gasteiger partial charge in [0.15, 0.2) is 0 Å². The maximum absolute atomic E-state index is 13.2. The molecule has 3 N–H and O–H groups in total. The Bertz CT molecular complexity index is 478. The van der Waals surface area contributed by atoms with Crippen molar-refractivity contribution in [2.45, 2.75) is 31.8 Å². The summed E-state index contributed by atoms with van der Waals surface area (Å²) < 4.78 is 13.2. The fourth-order valence-electron chi connectivity index (χ4n) is 2.80. The van der Waals surface area contributed by atoms with E-state index in [1.807, 2.05) is 14.0 Å². The summed E-state index contributed by atoms with van der Waals surface area (Å²) in [6.07, 6.45) is 1.68. The van der Waals surface area contributed by atoms with Crippen LogP contribution in [0.3, 0.4) is 0 Å². The normalized spacial score (nSPS) is 23.4. The van der Waals surface area contributed by atoms with E-state index in [4.69, 9.17) is 5.73 Å². The Kier molecular flexibility index (Phi) is 4.04. The Morgan fingerprint density at radius 2 is 2.26 bits per heavy atom. The summed E-state index contributed by atoms with van der Waals surface area (Å²) in [5.74, 6) is -0.257. The molecule has 5 heteroatoms. The number of benzene rings is 1. The quantitative estimate of drug-likeness (QED) is 0.858. The monoisotopic (exact) mass is 265 g/mol. The lowest BCUT2D eigenvalue weighted by Gasteiger charge is -2.39. The number of hydrogen-bond acceptors (Lipinski definition) is 2. The lowest BCUT2D eigenvalue weighted by atomic mass is 9.89. The van der Waals surface area contributed by atoms with Crippen molar-refractivity contribution < 1.29 is 9.18 Å². The number of carbonyl (C=O) groups is 1. The van der Waals surface area contributed by atoms with Gasteiger partial charge in [0.2, 0.25) is 0 Å². The van der Waals surface area contributed by atoms with Crippen LogP contribution in [-0.2, 0) is 0 Å². The fourth-order valence-corrected chi connectivity index (χ4v) is 2.80. The van der Waals surface area contributed by atoms with E-state index in [0.29, 0.717) is 12.6 Å². The second kappa shape index (κ2) is 5.57. The maximum atomic E-state index is 13.2. The van der Waals surface area contributed by atoms with Crippen molar-refractivity contribution >= 4 is 6.03 Å². The van der Waals surface area contributed by atoms with Gasteiger partial charge in [0.25, 0.3) is 0 Å². The lowest BCUT2D eigenvalue weighted by Crippen LogP contribution is -2.48. The molecule has 2 rings (SSSR count). The first-order valence-corrected chi connectivity index (χ1v) is 6.52. The molecule has 1 aliphatic rings. The molecule has 1 fully saturated rings. The van der Waals surface area contributed by atoms with Crippen molar-refractivity contribution in [2.75, 3.05) is 13.6 Å². The number of urea groups is 1. The van der Waals surface area contributed by atoms with Crippen molar-refractivity contribution in [1.82, 2.24) is 10.2 Å². The maximum Gasteiger partial charge on any atom is 0.315 e. The van der Waals surface area contributed by atoms with Crippen molar-refractivity contribution in [2.24, 2.45) is 5.73 Å². The molecule has 0 aliphatic carbocycles. The van der Waals surface area contributed by atoms with Crippen LogP contribution in [0.25, 0.3) is 0 Å². The molecule has 0 bridgehead atoms. The van der Waals surface area contributed by atoms with Gasteiger partial charge in [-0.05, 0) is 50.1 Å². The second-order valence-electron chi connectivity index (χ2n) is 5.06. The summed E-state index contributed by atoms with van der Waals surface area (Å²) in [6.45, 7) is 2.49. The van der Waals surface area contributed by atoms with Gasteiger partial charge in [-0.1, -0.05) is 6.07 Å². The van der Waals surface area contributed by atoms with Crippen molar-refractivity contribution in [3.05, 3.63) is 35.1 Å².